The van der Waals surface area contributed by atoms with Crippen molar-refractivity contribution in [2.45, 2.75) is 19.3 Å². The van der Waals surface area contributed by atoms with Gasteiger partial charge in [-0.3, -0.25) is 9.59 Å². The van der Waals surface area contributed by atoms with Crippen molar-refractivity contribution in [2.75, 3.05) is 44.8 Å². The number of alkyl halides is 3. The summed E-state index contributed by atoms with van der Waals surface area (Å²) in [6.45, 7) is -1.98. The molecule has 2 rings (SSSR count). The molecule has 1 aromatic rings. The highest BCUT2D eigenvalue weighted by atomic mass is 19.4. The molecule has 7 nitrogen and oxygen atoms in total. The second kappa shape index (κ2) is 8.94. The van der Waals surface area contributed by atoms with Gasteiger partial charge in [-0.25, -0.2) is 0 Å². The van der Waals surface area contributed by atoms with Crippen LogP contribution in [0.5, 0.6) is 5.75 Å². The topological polar surface area (TPSA) is 71.1 Å². The molecule has 1 atom stereocenters. The third-order valence-corrected chi connectivity index (χ3v) is 3.94. The highest BCUT2D eigenvalue weighted by molar-refractivity contribution is 5.87. The Bertz CT molecular complexity index is 754. The van der Waals surface area contributed by atoms with Gasteiger partial charge in [0.15, 0.2) is 0 Å². The van der Waals surface area contributed by atoms with Crippen LogP contribution < -0.4 is 15.0 Å². The van der Waals surface area contributed by atoms with E-state index in [9.17, 15) is 22.8 Å². The fourth-order valence-corrected chi connectivity index (χ4v) is 2.78. The zero-order valence-corrected chi connectivity index (χ0v) is 14.6. The van der Waals surface area contributed by atoms with Crippen molar-refractivity contribution in [2.24, 2.45) is 0 Å². The van der Waals surface area contributed by atoms with E-state index in [0.717, 1.165) is 0 Å². The molecule has 1 saturated heterocycles. The van der Waals surface area contributed by atoms with Crippen LogP contribution >= 0.6 is 0 Å². The number of ether oxygens (including phenoxy) is 2. The molecule has 0 aromatic heterocycles. The van der Waals surface area contributed by atoms with Gasteiger partial charge in [-0.15, -0.1) is 13.2 Å². The Morgan fingerprint density at radius 3 is 2.59 bits per heavy atom. The summed E-state index contributed by atoms with van der Waals surface area (Å²) in [5.74, 6) is -2.09. The average Bonchev–Trinajstić information content (AvgIpc) is 2.65. The minimum absolute atomic E-state index is 0.197. The lowest BCUT2D eigenvalue weighted by Gasteiger charge is -2.37. The number of nitrogens with zero attached hydrogens (tertiary/aromatic N) is 2. The number of carbonyl (C=O) groups excluding carboxylic acids is 2. The molecular weight excluding hydrogens is 367 g/mol. The summed E-state index contributed by atoms with van der Waals surface area (Å²) < 4.78 is 67.4. The van der Waals surface area contributed by atoms with Crippen LogP contribution in [-0.2, 0) is 14.3 Å². The van der Waals surface area contributed by atoms with E-state index in [0.29, 0.717) is 18.8 Å². The van der Waals surface area contributed by atoms with E-state index in [2.05, 4.69) is 10.1 Å². The number of halogens is 3. The molecule has 27 heavy (non-hydrogen) atoms. The van der Waals surface area contributed by atoms with E-state index in [1.807, 2.05) is 0 Å². The Morgan fingerprint density at radius 2 is 2.00 bits per heavy atom. The molecule has 0 radical (unpaired) electrons. The van der Waals surface area contributed by atoms with Gasteiger partial charge in [0.25, 0.3) is 0 Å². The summed E-state index contributed by atoms with van der Waals surface area (Å²) in [5.41, 5.74) is 0.507. The molecule has 150 valence electrons. The fraction of sp³-hybridized carbons (Fsp3) is 0.529. The minimum atomic E-state index is -4.79. The summed E-state index contributed by atoms with van der Waals surface area (Å²) in [6, 6.07) is 4.37. The predicted molar refractivity (Wildman–Crippen MR) is 91.4 cm³/mol. The van der Waals surface area contributed by atoms with Gasteiger partial charge in [-0.05, 0) is 12.1 Å². The van der Waals surface area contributed by atoms with Crippen LogP contribution in [0.3, 0.4) is 0 Å². The van der Waals surface area contributed by atoms with E-state index >= 15 is 0 Å². The maximum absolute atomic E-state index is 12.7. The molecule has 1 aliphatic heterocycles. The van der Waals surface area contributed by atoms with Crippen LogP contribution in [0.25, 0.3) is 0 Å². The lowest BCUT2D eigenvalue weighted by molar-refractivity contribution is -0.274. The SMILES string of the molecule is [2H]C([2H])([2H])C(=O)N[C@@H](COC)C(=O)N1CCN(c2cccc(OC(F)(F)F)c2)CC1. The molecule has 10 heteroatoms. The van der Waals surface area contributed by atoms with E-state index in [-0.39, 0.29) is 25.4 Å². The summed E-state index contributed by atoms with van der Waals surface area (Å²) in [7, 11) is 1.32. The molecule has 0 bridgehead atoms. The van der Waals surface area contributed by atoms with Crippen molar-refractivity contribution in [3.05, 3.63) is 24.3 Å². The summed E-state index contributed by atoms with van der Waals surface area (Å²) in [6.07, 6.45) is -4.79. The van der Waals surface area contributed by atoms with Crippen molar-refractivity contribution >= 4 is 17.5 Å². The standard InChI is InChI=1S/C17H22F3N3O4/c1-12(24)21-15(11-26-2)16(25)23-8-6-22(7-9-23)13-4-3-5-14(10-13)27-17(18,19)20/h3-5,10,15H,6-9,11H2,1-2H3,(H,21,24)/t15-/m0/s1/i1D3. The van der Waals surface area contributed by atoms with Crippen molar-refractivity contribution in [1.29, 1.82) is 0 Å². The number of rotatable bonds is 6. The summed E-state index contributed by atoms with van der Waals surface area (Å²) in [4.78, 5) is 27.6. The van der Waals surface area contributed by atoms with Crippen LogP contribution in [0.4, 0.5) is 18.9 Å². The van der Waals surface area contributed by atoms with E-state index in [4.69, 9.17) is 8.85 Å². The number of methoxy groups -OCH3 is 1. The normalized spacial score (nSPS) is 18.1. The number of carbonyl (C=O) groups is 2. The maximum atomic E-state index is 12.7. The monoisotopic (exact) mass is 392 g/mol. The van der Waals surface area contributed by atoms with Crippen LogP contribution in [0, 0.1) is 0 Å². The number of benzene rings is 1. The Balaban J connectivity index is 1.99. The van der Waals surface area contributed by atoms with Gasteiger partial charge < -0.3 is 24.6 Å². The van der Waals surface area contributed by atoms with Gasteiger partial charge in [-0.2, -0.15) is 0 Å². The lowest BCUT2D eigenvalue weighted by Crippen LogP contribution is -2.56. The number of hydrogen-bond donors (Lipinski definition) is 1. The molecule has 1 aliphatic rings. The third-order valence-electron chi connectivity index (χ3n) is 3.94. The van der Waals surface area contributed by atoms with Crippen LogP contribution in [0.15, 0.2) is 24.3 Å². The Labute approximate surface area is 159 Å². The molecule has 0 saturated carbocycles. The van der Waals surface area contributed by atoms with Crippen LogP contribution in [-0.4, -0.2) is 69.0 Å². The summed E-state index contributed by atoms with van der Waals surface area (Å²) in [5, 5.41) is 2.17. The van der Waals surface area contributed by atoms with Crippen molar-refractivity contribution < 1.29 is 36.3 Å². The number of anilines is 1. The zero-order valence-electron chi connectivity index (χ0n) is 17.6. The van der Waals surface area contributed by atoms with Gasteiger partial charge in [0, 0.05) is 56.0 Å². The first-order valence-corrected chi connectivity index (χ1v) is 8.10. The number of nitrogens with one attached hydrogen (secondary N) is 1. The molecule has 1 aromatic carbocycles. The Hall–Kier alpha value is -2.49. The van der Waals surface area contributed by atoms with Gasteiger partial charge in [0.05, 0.1) is 6.61 Å². The van der Waals surface area contributed by atoms with Crippen molar-refractivity contribution in [3.8, 4) is 5.75 Å². The second-order valence-corrected chi connectivity index (χ2v) is 5.84. The summed E-state index contributed by atoms with van der Waals surface area (Å²) >= 11 is 0. The van der Waals surface area contributed by atoms with Gasteiger partial charge >= 0.3 is 6.36 Å². The first kappa shape index (κ1) is 16.7. The van der Waals surface area contributed by atoms with Crippen LogP contribution in [0.2, 0.25) is 0 Å². The van der Waals surface area contributed by atoms with Gasteiger partial charge in [0.2, 0.25) is 11.8 Å². The molecule has 0 unspecified atom stereocenters. The molecule has 1 N–H and O–H groups in total. The lowest BCUT2D eigenvalue weighted by atomic mass is 10.2. The highest BCUT2D eigenvalue weighted by Gasteiger charge is 2.32. The van der Waals surface area contributed by atoms with Crippen molar-refractivity contribution in [3.63, 3.8) is 0 Å². The van der Waals surface area contributed by atoms with Gasteiger partial charge in [0.1, 0.15) is 11.8 Å². The van der Waals surface area contributed by atoms with E-state index in [1.165, 1.54) is 30.2 Å². The van der Waals surface area contributed by atoms with E-state index in [1.54, 1.807) is 11.0 Å². The molecule has 0 aliphatic carbocycles. The Kier molecular flexibility index (Phi) is 5.52. The molecular formula is C17H22F3N3O4. The van der Waals surface area contributed by atoms with Crippen LogP contribution in [0.1, 0.15) is 11.0 Å². The zero-order chi connectivity index (χ0) is 22.5. The molecule has 1 fully saturated rings. The third kappa shape index (κ3) is 6.31. The smallest absolute Gasteiger partial charge is 0.406 e. The van der Waals surface area contributed by atoms with E-state index < -0.39 is 31.1 Å². The maximum Gasteiger partial charge on any atom is 0.573 e. The molecule has 0 spiro atoms. The van der Waals surface area contributed by atoms with Crippen molar-refractivity contribution in [1.82, 2.24) is 10.2 Å². The average molecular weight is 392 g/mol. The first-order valence-electron chi connectivity index (χ1n) is 9.60. The molecule has 2 amide bonds. The first-order chi connectivity index (χ1) is 13.9. The molecule has 1 heterocycles. The second-order valence-electron chi connectivity index (χ2n) is 5.84. The Morgan fingerprint density at radius 1 is 1.30 bits per heavy atom. The minimum Gasteiger partial charge on any atom is -0.406 e. The highest BCUT2D eigenvalue weighted by Crippen LogP contribution is 2.27. The number of amides is 2. The quantitative estimate of drug-likeness (QED) is 0.792. The number of piperazine rings is 1. The number of hydrogen-bond acceptors (Lipinski definition) is 5. The largest absolute Gasteiger partial charge is 0.573 e. The predicted octanol–water partition coefficient (Wildman–Crippen LogP) is 1.38. The fourth-order valence-electron chi connectivity index (χ4n) is 2.78. The van der Waals surface area contributed by atoms with Gasteiger partial charge in [-0.1, -0.05) is 6.07 Å².